The van der Waals surface area contributed by atoms with E-state index in [0.717, 1.165) is 0 Å². The lowest BCUT2D eigenvalue weighted by Gasteiger charge is -2.14. The average molecular weight is 270 g/mol. The number of hydrogen-bond donors (Lipinski definition) is 2. The Kier molecular flexibility index (Phi) is 3.89. The van der Waals surface area contributed by atoms with Gasteiger partial charge in [0.15, 0.2) is 5.69 Å². The zero-order chi connectivity index (χ0) is 13.9. The van der Waals surface area contributed by atoms with Gasteiger partial charge in [-0.05, 0) is 0 Å². The van der Waals surface area contributed by atoms with Crippen molar-refractivity contribution in [3.63, 3.8) is 0 Å². The number of nitrogens with one attached hydrogen (secondary N) is 1. The highest BCUT2D eigenvalue weighted by Crippen LogP contribution is 2.21. The van der Waals surface area contributed by atoms with Crippen LogP contribution in [0.2, 0.25) is 0 Å². The molecule has 10 heteroatoms. The van der Waals surface area contributed by atoms with Crippen LogP contribution in [0.5, 0.6) is 0 Å². The number of carbonyl (C=O) groups is 2. The zero-order valence-electron chi connectivity index (χ0n) is 8.49. The number of carboxylic acid groups (broad SMARTS) is 1. The maximum atomic E-state index is 12.5. The van der Waals surface area contributed by atoms with Gasteiger partial charge in [-0.15, -0.1) is 0 Å². The summed E-state index contributed by atoms with van der Waals surface area (Å²) in [6.07, 6.45) is -3.93. The van der Waals surface area contributed by atoms with Crippen LogP contribution in [-0.2, 0) is 0 Å². The number of carboxylic acids is 1. The number of halogens is 4. The molecule has 1 aromatic rings. The molecule has 2 N–H and O–H groups in total. The van der Waals surface area contributed by atoms with E-state index in [1.54, 1.807) is 0 Å². The molecular weight excluding hydrogens is 264 g/mol. The summed E-state index contributed by atoms with van der Waals surface area (Å²) >= 11 is 0. The summed E-state index contributed by atoms with van der Waals surface area (Å²) in [4.78, 5) is 21.5. The van der Waals surface area contributed by atoms with Gasteiger partial charge in [-0.1, -0.05) is 5.16 Å². The monoisotopic (exact) mass is 270 g/mol. The number of carbonyl (C=O) groups excluding carboxylic acids is 1. The van der Waals surface area contributed by atoms with Gasteiger partial charge in [0.25, 0.3) is 5.91 Å². The molecule has 6 nitrogen and oxygen atoms in total. The summed E-state index contributed by atoms with van der Waals surface area (Å²) in [7, 11) is 0. The van der Waals surface area contributed by atoms with Crippen molar-refractivity contribution < 1.29 is 36.8 Å². The third kappa shape index (κ3) is 3.18. The van der Waals surface area contributed by atoms with Crippen LogP contribution < -0.4 is 5.32 Å². The van der Waals surface area contributed by atoms with Crippen LogP contribution in [0.1, 0.15) is 21.0 Å². The van der Waals surface area contributed by atoms with Gasteiger partial charge in [-0.25, -0.2) is 13.6 Å². The highest BCUT2D eigenvalue weighted by molar-refractivity contribution is 5.94. The van der Waals surface area contributed by atoms with Gasteiger partial charge in [-0.3, -0.25) is 4.79 Å². The number of alkyl halides is 4. The van der Waals surface area contributed by atoms with Crippen LogP contribution in [-0.4, -0.2) is 41.0 Å². The van der Waals surface area contributed by atoms with Gasteiger partial charge in [0.2, 0.25) is 5.76 Å². The summed E-state index contributed by atoms with van der Waals surface area (Å²) in [5.74, 6) is -7.82. The molecule has 1 amide bonds. The topological polar surface area (TPSA) is 92.4 Å². The van der Waals surface area contributed by atoms with Crippen LogP contribution in [0, 0.1) is 0 Å². The molecule has 0 aliphatic rings. The maximum absolute atomic E-state index is 12.5. The second-order valence-corrected chi connectivity index (χ2v) is 3.13. The molecule has 0 aliphatic carbocycles. The van der Waals surface area contributed by atoms with Crippen molar-refractivity contribution in [1.29, 1.82) is 0 Å². The minimum absolute atomic E-state index is 0.600. The third-order valence-corrected chi connectivity index (χ3v) is 1.76. The molecule has 18 heavy (non-hydrogen) atoms. The Hall–Kier alpha value is -2.13. The molecule has 0 saturated carbocycles. The summed E-state index contributed by atoms with van der Waals surface area (Å²) < 4.78 is 52.6. The summed E-state index contributed by atoms with van der Waals surface area (Å²) in [6, 6.07) is 0.679. The number of aromatic nitrogens is 1. The second kappa shape index (κ2) is 5.02. The highest BCUT2D eigenvalue weighted by atomic mass is 19.3. The molecule has 0 radical (unpaired) electrons. The van der Waals surface area contributed by atoms with E-state index in [1.807, 2.05) is 0 Å². The van der Waals surface area contributed by atoms with E-state index in [9.17, 15) is 27.2 Å². The molecule has 0 fully saturated rings. The molecule has 100 valence electrons. The van der Waals surface area contributed by atoms with Crippen LogP contribution in [0.15, 0.2) is 10.6 Å². The van der Waals surface area contributed by atoms with Crippen molar-refractivity contribution in [2.24, 2.45) is 0 Å². The summed E-state index contributed by atoms with van der Waals surface area (Å²) in [5, 5.41) is 12.9. The maximum Gasteiger partial charge on any atom is 0.374 e. The minimum Gasteiger partial charge on any atom is -0.475 e. The molecule has 0 unspecified atom stereocenters. The smallest absolute Gasteiger partial charge is 0.374 e. The van der Waals surface area contributed by atoms with E-state index in [0.29, 0.717) is 6.07 Å². The molecule has 0 aromatic carbocycles. The van der Waals surface area contributed by atoms with Crippen LogP contribution in [0.25, 0.3) is 0 Å². The fourth-order valence-electron chi connectivity index (χ4n) is 0.849. The Labute approximate surface area is 96.6 Å². The SMILES string of the molecule is O=C(NCC(F)(F)C(F)F)c1cc(C(=O)O)on1. The molecule has 1 rings (SSSR count). The van der Waals surface area contributed by atoms with E-state index >= 15 is 0 Å². The largest absolute Gasteiger partial charge is 0.475 e. The Morgan fingerprint density at radius 3 is 2.56 bits per heavy atom. The second-order valence-electron chi connectivity index (χ2n) is 3.13. The van der Waals surface area contributed by atoms with Crippen LogP contribution in [0.4, 0.5) is 17.6 Å². The summed E-state index contributed by atoms with van der Waals surface area (Å²) in [5.41, 5.74) is -0.600. The number of hydrogen-bond acceptors (Lipinski definition) is 4. The first-order valence-corrected chi connectivity index (χ1v) is 4.38. The summed E-state index contributed by atoms with van der Waals surface area (Å²) in [6.45, 7) is -1.60. The molecule has 0 bridgehead atoms. The fourth-order valence-corrected chi connectivity index (χ4v) is 0.849. The van der Waals surface area contributed by atoms with Crippen LogP contribution in [0.3, 0.4) is 0 Å². The predicted molar refractivity (Wildman–Crippen MR) is 46.7 cm³/mol. The molecular formula is C8H6F4N2O4. The molecule has 0 spiro atoms. The van der Waals surface area contributed by atoms with Crippen molar-refractivity contribution in [2.45, 2.75) is 12.3 Å². The first kappa shape index (κ1) is 13.9. The Bertz CT molecular complexity index is 460. The van der Waals surface area contributed by atoms with Gasteiger partial charge in [0, 0.05) is 6.07 Å². The lowest BCUT2D eigenvalue weighted by Crippen LogP contribution is -2.41. The molecule has 1 heterocycles. The van der Waals surface area contributed by atoms with Crippen molar-refractivity contribution in [3.8, 4) is 0 Å². The molecule has 1 aromatic heterocycles. The van der Waals surface area contributed by atoms with Crippen molar-refractivity contribution in [2.75, 3.05) is 6.54 Å². The van der Waals surface area contributed by atoms with Gasteiger partial charge >= 0.3 is 18.3 Å². The molecule has 0 saturated heterocycles. The van der Waals surface area contributed by atoms with Gasteiger partial charge < -0.3 is 14.9 Å². The zero-order valence-corrected chi connectivity index (χ0v) is 8.49. The van der Waals surface area contributed by atoms with E-state index in [1.165, 1.54) is 5.32 Å². The van der Waals surface area contributed by atoms with Crippen molar-refractivity contribution in [1.82, 2.24) is 10.5 Å². The number of aromatic carboxylic acids is 1. The Balaban J connectivity index is 2.63. The number of nitrogens with zero attached hydrogens (tertiary/aromatic N) is 1. The van der Waals surface area contributed by atoms with E-state index < -0.39 is 42.2 Å². The third-order valence-electron chi connectivity index (χ3n) is 1.76. The van der Waals surface area contributed by atoms with E-state index in [4.69, 9.17) is 5.11 Å². The van der Waals surface area contributed by atoms with Gasteiger partial charge in [-0.2, -0.15) is 8.78 Å². The van der Waals surface area contributed by atoms with Gasteiger partial charge in [0.05, 0.1) is 6.54 Å². The van der Waals surface area contributed by atoms with Crippen molar-refractivity contribution in [3.05, 3.63) is 17.5 Å². The first-order valence-electron chi connectivity index (χ1n) is 4.38. The minimum atomic E-state index is -4.38. The fraction of sp³-hybridized carbons (Fsp3) is 0.375. The normalized spacial score (nSPS) is 11.6. The average Bonchev–Trinajstić information content (AvgIpc) is 2.75. The molecule has 0 aliphatic heterocycles. The Morgan fingerprint density at radius 2 is 2.11 bits per heavy atom. The number of amides is 1. The van der Waals surface area contributed by atoms with Crippen molar-refractivity contribution >= 4 is 11.9 Å². The van der Waals surface area contributed by atoms with E-state index in [-0.39, 0.29) is 0 Å². The Morgan fingerprint density at radius 1 is 1.50 bits per heavy atom. The quantitative estimate of drug-likeness (QED) is 0.779. The number of rotatable bonds is 5. The lowest BCUT2D eigenvalue weighted by atomic mass is 10.3. The lowest BCUT2D eigenvalue weighted by molar-refractivity contribution is -0.123. The highest BCUT2D eigenvalue weighted by Gasteiger charge is 2.41. The molecule has 0 atom stereocenters. The predicted octanol–water partition coefficient (Wildman–Crippen LogP) is 1.00. The van der Waals surface area contributed by atoms with Gasteiger partial charge in [0.1, 0.15) is 0 Å². The standard InChI is InChI=1S/C8H6F4N2O4/c9-7(10)8(11,12)2-13-5(15)3-1-4(6(16)17)18-14-3/h1,7H,2H2,(H,13,15)(H,16,17). The van der Waals surface area contributed by atoms with E-state index in [2.05, 4.69) is 9.68 Å². The first-order chi connectivity index (χ1) is 8.24. The van der Waals surface area contributed by atoms with Crippen LogP contribution >= 0.6 is 0 Å².